The standard InChI is InChI=1S/C13H18FN5/c1-2-3-4-5-8-19-13(16-17-18-19)10-6-7-12(15)11(14)9-10/h6-7,9H,2-5,8,15H2,1H3. The van der Waals surface area contributed by atoms with Gasteiger partial charge < -0.3 is 5.73 Å². The Morgan fingerprint density at radius 2 is 2.11 bits per heavy atom. The van der Waals surface area contributed by atoms with Gasteiger partial charge in [0.15, 0.2) is 5.82 Å². The second kappa shape index (κ2) is 6.26. The first kappa shape index (κ1) is 13.5. The number of anilines is 1. The largest absolute Gasteiger partial charge is 0.396 e. The fraction of sp³-hybridized carbons (Fsp3) is 0.462. The third-order valence-electron chi connectivity index (χ3n) is 3.01. The van der Waals surface area contributed by atoms with Crippen LogP contribution in [-0.4, -0.2) is 20.2 Å². The Morgan fingerprint density at radius 1 is 1.26 bits per heavy atom. The van der Waals surface area contributed by atoms with Crippen LogP contribution >= 0.6 is 0 Å². The minimum absolute atomic E-state index is 0.130. The Bertz CT molecular complexity index is 538. The third kappa shape index (κ3) is 3.27. The summed E-state index contributed by atoms with van der Waals surface area (Å²) in [5.41, 5.74) is 6.24. The van der Waals surface area contributed by atoms with Crippen molar-refractivity contribution in [3.05, 3.63) is 24.0 Å². The molecule has 0 unspecified atom stereocenters. The van der Waals surface area contributed by atoms with Crippen molar-refractivity contribution >= 4 is 5.69 Å². The molecular weight excluding hydrogens is 245 g/mol. The number of nitrogen functional groups attached to an aromatic ring is 1. The fourth-order valence-electron chi connectivity index (χ4n) is 1.92. The monoisotopic (exact) mass is 263 g/mol. The molecule has 0 aliphatic carbocycles. The maximum Gasteiger partial charge on any atom is 0.182 e. The van der Waals surface area contributed by atoms with E-state index in [9.17, 15) is 4.39 Å². The van der Waals surface area contributed by atoms with Gasteiger partial charge in [0.25, 0.3) is 0 Å². The molecule has 0 aliphatic rings. The minimum Gasteiger partial charge on any atom is -0.396 e. The van der Waals surface area contributed by atoms with E-state index in [1.165, 1.54) is 25.0 Å². The number of nitrogens with zero attached hydrogens (tertiary/aromatic N) is 4. The van der Waals surface area contributed by atoms with E-state index in [4.69, 9.17) is 5.73 Å². The molecule has 1 aromatic heterocycles. The van der Waals surface area contributed by atoms with Crippen LogP contribution in [0, 0.1) is 5.82 Å². The molecule has 0 spiro atoms. The highest BCUT2D eigenvalue weighted by molar-refractivity contribution is 5.58. The van der Waals surface area contributed by atoms with Crippen LogP contribution in [0.25, 0.3) is 11.4 Å². The van der Waals surface area contributed by atoms with Gasteiger partial charge in [-0.05, 0) is 35.0 Å². The molecule has 0 radical (unpaired) electrons. The van der Waals surface area contributed by atoms with Gasteiger partial charge >= 0.3 is 0 Å². The van der Waals surface area contributed by atoms with E-state index >= 15 is 0 Å². The lowest BCUT2D eigenvalue weighted by Crippen LogP contribution is -2.03. The molecule has 0 atom stereocenters. The Labute approximate surface area is 111 Å². The number of aromatic nitrogens is 4. The summed E-state index contributed by atoms with van der Waals surface area (Å²) in [4.78, 5) is 0. The first-order chi connectivity index (χ1) is 9.22. The van der Waals surface area contributed by atoms with Crippen molar-refractivity contribution in [1.29, 1.82) is 0 Å². The fourth-order valence-corrected chi connectivity index (χ4v) is 1.92. The maximum absolute atomic E-state index is 13.5. The summed E-state index contributed by atoms with van der Waals surface area (Å²) in [5.74, 6) is 0.133. The van der Waals surface area contributed by atoms with Crippen molar-refractivity contribution in [2.24, 2.45) is 0 Å². The third-order valence-corrected chi connectivity index (χ3v) is 3.01. The van der Waals surface area contributed by atoms with Gasteiger partial charge in [0.05, 0.1) is 5.69 Å². The van der Waals surface area contributed by atoms with E-state index in [0.29, 0.717) is 11.4 Å². The zero-order chi connectivity index (χ0) is 13.7. The number of hydrogen-bond acceptors (Lipinski definition) is 4. The first-order valence-corrected chi connectivity index (χ1v) is 6.54. The summed E-state index contributed by atoms with van der Waals surface area (Å²) < 4.78 is 15.2. The highest BCUT2D eigenvalue weighted by Crippen LogP contribution is 2.20. The van der Waals surface area contributed by atoms with E-state index in [2.05, 4.69) is 22.4 Å². The minimum atomic E-state index is -0.446. The molecule has 2 aromatic rings. The summed E-state index contributed by atoms with van der Waals surface area (Å²) in [6.45, 7) is 2.91. The van der Waals surface area contributed by atoms with Crippen LogP contribution in [0.4, 0.5) is 10.1 Å². The van der Waals surface area contributed by atoms with Gasteiger partial charge in [0, 0.05) is 12.1 Å². The topological polar surface area (TPSA) is 69.6 Å². The normalized spacial score (nSPS) is 10.8. The van der Waals surface area contributed by atoms with E-state index in [1.54, 1.807) is 10.7 Å². The van der Waals surface area contributed by atoms with Crippen LogP contribution in [-0.2, 0) is 6.54 Å². The predicted octanol–water partition coefficient (Wildman–Crippen LogP) is 2.64. The quantitative estimate of drug-likeness (QED) is 0.642. The Kier molecular flexibility index (Phi) is 4.43. The Morgan fingerprint density at radius 3 is 2.84 bits per heavy atom. The molecule has 102 valence electrons. The van der Waals surface area contributed by atoms with E-state index in [-0.39, 0.29) is 5.69 Å². The molecule has 0 saturated heterocycles. The molecule has 5 nitrogen and oxygen atoms in total. The predicted molar refractivity (Wildman–Crippen MR) is 71.8 cm³/mol. The maximum atomic E-state index is 13.5. The molecule has 2 N–H and O–H groups in total. The van der Waals surface area contributed by atoms with Gasteiger partial charge in [-0.3, -0.25) is 0 Å². The molecule has 1 aromatic carbocycles. The van der Waals surface area contributed by atoms with Gasteiger partial charge in [0.2, 0.25) is 0 Å². The molecule has 0 saturated carbocycles. The van der Waals surface area contributed by atoms with Crippen LogP contribution in [0.5, 0.6) is 0 Å². The summed E-state index contributed by atoms with van der Waals surface area (Å²) in [6, 6.07) is 4.62. The lowest BCUT2D eigenvalue weighted by Gasteiger charge is -2.05. The Hall–Kier alpha value is -1.98. The van der Waals surface area contributed by atoms with Crippen molar-refractivity contribution in [2.45, 2.75) is 39.2 Å². The van der Waals surface area contributed by atoms with Crippen LogP contribution in [0.2, 0.25) is 0 Å². The highest BCUT2D eigenvalue weighted by atomic mass is 19.1. The lowest BCUT2D eigenvalue weighted by atomic mass is 10.2. The summed E-state index contributed by atoms with van der Waals surface area (Å²) >= 11 is 0. The van der Waals surface area contributed by atoms with Gasteiger partial charge in [-0.2, -0.15) is 0 Å². The van der Waals surface area contributed by atoms with Crippen molar-refractivity contribution < 1.29 is 4.39 Å². The second-order valence-corrected chi connectivity index (χ2v) is 4.52. The highest BCUT2D eigenvalue weighted by Gasteiger charge is 2.10. The number of benzene rings is 1. The van der Waals surface area contributed by atoms with Crippen molar-refractivity contribution in [3.8, 4) is 11.4 Å². The molecule has 0 fully saturated rings. The summed E-state index contributed by atoms with van der Waals surface area (Å²) in [7, 11) is 0. The van der Waals surface area contributed by atoms with Gasteiger partial charge in [-0.25, -0.2) is 9.07 Å². The second-order valence-electron chi connectivity index (χ2n) is 4.52. The molecule has 19 heavy (non-hydrogen) atoms. The van der Waals surface area contributed by atoms with Crippen LogP contribution in [0.1, 0.15) is 32.6 Å². The molecule has 0 amide bonds. The lowest BCUT2D eigenvalue weighted by molar-refractivity contribution is 0.531. The SMILES string of the molecule is CCCCCCn1nnnc1-c1ccc(N)c(F)c1. The number of hydrogen-bond donors (Lipinski definition) is 1. The molecule has 1 heterocycles. The van der Waals surface area contributed by atoms with Crippen LogP contribution in [0.3, 0.4) is 0 Å². The average molecular weight is 263 g/mol. The zero-order valence-electron chi connectivity index (χ0n) is 11.0. The number of aryl methyl sites for hydroxylation is 1. The zero-order valence-corrected chi connectivity index (χ0v) is 11.0. The number of unbranched alkanes of at least 4 members (excludes halogenated alkanes) is 3. The molecule has 0 aliphatic heterocycles. The summed E-state index contributed by atoms with van der Waals surface area (Å²) in [5, 5.41) is 11.6. The van der Waals surface area contributed by atoms with Gasteiger partial charge in [-0.1, -0.05) is 26.2 Å². The summed E-state index contributed by atoms with van der Waals surface area (Å²) in [6.07, 6.45) is 4.55. The molecule has 6 heteroatoms. The Balaban J connectivity index is 2.12. The molecular formula is C13H18FN5. The molecule has 2 rings (SSSR count). The first-order valence-electron chi connectivity index (χ1n) is 6.54. The van der Waals surface area contributed by atoms with E-state index in [1.807, 2.05) is 0 Å². The van der Waals surface area contributed by atoms with E-state index < -0.39 is 5.82 Å². The van der Waals surface area contributed by atoms with Gasteiger partial charge in [-0.15, -0.1) is 5.10 Å². The number of nitrogens with two attached hydrogens (primary N) is 1. The van der Waals surface area contributed by atoms with Crippen molar-refractivity contribution in [2.75, 3.05) is 5.73 Å². The van der Waals surface area contributed by atoms with Gasteiger partial charge in [0.1, 0.15) is 5.82 Å². The average Bonchev–Trinajstić information content (AvgIpc) is 2.86. The number of rotatable bonds is 6. The molecule has 0 bridgehead atoms. The smallest absolute Gasteiger partial charge is 0.182 e. The van der Waals surface area contributed by atoms with Crippen LogP contribution < -0.4 is 5.73 Å². The van der Waals surface area contributed by atoms with Crippen molar-refractivity contribution in [1.82, 2.24) is 20.2 Å². The number of tetrazole rings is 1. The number of halogens is 1. The van der Waals surface area contributed by atoms with Crippen molar-refractivity contribution in [3.63, 3.8) is 0 Å². The van der Waals surface area contributed by atoms with E-state index in [0.717, 1.165) is 19.4 Å². The van der Waals surface area contributed by atoms with Crippen LogP contribution in [0.15, 0.2) is 18.2 Å².